The molecule has 0 aromatic heterocycles. The maximum Gasteiger partial charge on any atom is 0.134 e. The minimum atomic E-state index is 0.292. The van der Waals surface area contributed by atoms with Crippen molar-refractivity contribution < 1.29 is 5.11 Å². The van der Waals surface area contributed by atoms with Crippen LogP contribution in [0.2, 0.25) is 5.02 Å². The Hall–Kier alpha value is -0.290. The second-order valence-electron chi connectivity index (χ2n) is 5.75. The van der Waals surface area contributed by atoms with Gasteiger partial charge in [0.25, 0.3) is 0 Å². The van der Waals surface area contributed by atoms with E-state index in [1.165, 1.54) is 19.3 Å². The topological polar surface area (TPSA) is 35.5 Å². The van der Waals surface area contributed by atoms with Gasteiger partial charge in [-0.3, -0.25) is 4.90 Å². The van der Waals surface area contributed by atoms with Crippen molar-refractivity contribution in [3.63, 3.8) is 0 Å². The van der Waals surface area contributed by atoms with Crippen molar-refractivity contribution in [3.05, 3.63) is 27.2 Å². The summed E-state index contributed by atoms with van der Waals surface area (Å²) >= 11 is 9.61. The van der Waals surface area contributed by atoms with Crippen LogP contribution < -0.4 is 5.32 Å². The van der Waals surface area contributed by atoms with E-state index in [-0.39, 0.29) is 0 Å². The molecule has 1 aromatic carbocycles. The lowest BCUT2D eigenvalue weighted by atomic mass is 9.76. The summed E-state index contributed by atoms with van der Waals surface area (Å²) in [6.07, 6.45) is 3.80. The van der Waals surface area contributed by atoms with Crippen LogP contribution in [-0.4, -0.2) is 36.2 Å². The predicted octanol–water partition coefficient (Wildman–Crippen LogP) is 3.55. The number of halogens is 2. The van der Waals surface area contributed by atoms with Gasteiger partial charge in [-0.2, -0.15) is 0 Å². The molecule has 0 amide bonds. The first-order valence-corrected chi connectivity index (χ1v) is 8.46. The van der Waals surface area contributed by atoms with Crippen LogP contribution >= 0.6 is 27.5 Å². The van der Waals surface area contributed by atoms with Gasteiger partial charge < -0.3 is 10.4 Å². The number of nitrogens with zero attached hydrogens (tertiary/aromatic N) is 1. The van der Waals surface area contributed by atoms with Gasteiger partial charge in [0.1, 0.15) is 5.75 Å². The maximum atomic E-state index is 10.4. The molecule has 1 atom stereocenters. The fraction of sp³-hybridized carbons (Fsp3) is 0.600. The lowest BCUT2D eigenvalue weighted by Crippen LogP contribution is -2.47. The Kier molecular flexibility index (Phi) is 4.55. The van der Waals surface area contributed by atoms with Crippen molar-refractivity contribution in [2.75, 3.05) is 26.2 Å². The molecule has 0 radical (unpaired) electrons. The SMILES string of the molecule is Oc1c(Br)cc(Cl)cc1[C@@H](C1CCC1)N1CCNCC1. The Morgan fingerprint density at radius 3 is 2.60 bits per heavy atom. The Morgan fingerprint density at radius 2 is 2.00 bits per heavy atom. The number of benzene rings is 1. The van der Waals surface area contributed by atoms with Crippen molar-refractivity contribution in [1.82, 2.24) is 10.2 Å². The first-order chi connectivity index (χ1) is 9.66. The van der Waals surface area contributed by atoms with E-state index in [1.54, 1.807) is 6.07 Å². The number of rotatable bonds is 3. The number of phenolic OH excluding ortho intramolecular Hbond substituents is 1. The average molecular weight is 360 g/mol. The molecule has 3 rings (SSSR count). The number of phenols is 1. The zero-order valence-corrected chi connectivity index (χ0v) is 13.8. The van der Waals surface area contributed by atoms with Gasteiger partial charge in [0.2, 0.25) is 0 Å². The molecular weight excluding hydrogens is 340 g/mol. The molecule has 20 heavy (non-hydrogen) atoms. The van der Waals surface area contributed by atoms with Crippen LogP contribution in [0.25, 0.3) is 0 Å². The summed E-state index contributed by atoms with van der Waals surface area (Å²) in [6.45, 7) is 4.10. The molecule has 0 bridgehead atoms. The lowest BCUT2D eigenvalue weighted by Gasteiger charge is -2.43. The molecule has 5 heteroatoms. The van der Waals surface area contributed by atoms with Crippen LogP contribution in [0.4, 0.5) is 0 Å². The number of hydrogen-bond acceptors (Lipinski definition) is 3. The standard InChI is InChI=1S/C15H20BrClN2O/c16-13-9-11(17)8-12(15(13)20)14(10-2-1-3-10)19-6-4-18-5-7-19/h8-10,14,18,20H,1-7H2/t14-/m1/s1. The molecule has 1 aromatic rings. The van der Waals surface area contributed by atoms with Crippen molar-refractivity contribution in [1.29, 1.82) is 0 Å². The minimum absolute atomic E-state index is 0.292. The highest BCUT2D eigenvalue weighted by Crippen LogP contribution is 2.46. The minimum Gasteiger partial charge on any atom is -0.506 e. The van der Waals surface area contributed by atoms with Crippen LogP contribution in [0.1, 0.15) is 30.9 Å². The summed E-state index contributed by atoms with van der Waals surface area (Å²) < 4.78 is 0.694. The molecule has 1 heterocycles. The number of piperazine rings is 1. The second kappa shape index (κ2) is 6.22. The Balaban J connectivity index is 1.96. The molecule has 1 aliphatic heterocycles. The van der Waals surface area contributed by atoms with Crippen LogP contribution in [0.5, 0.6) is 5.75 Å². The highest BCUT2D eigenvalue weighted by atomic mass is 79.9. The first kappa shape index (κ1) is 14.6. The molecule has 2 N–H and O–H groups in total. The number of nitrogens with one attached hydrogen (secondary N) is 1. The van der Waals surface area contributed by atoms with E-state index >= 15 is 0 Å². The van der Waals surface area contributed by atoms with Crippen LogP contribution in [0.15, 0.2) is 16.6 Å². The average Bonchev–Trinajstić information content (AvgIpc) is 2.39. The molecule has 1 saturated carbocycles. The molecule has 1 saturated heterocycles. The number of aromatic hydroxyl groups is 1. The predicted molar refractivity (Wildman–Crippen MR) is 85.3 cm³/mol. The molecule has 1 aliphatic carbocycles. The highest BCUT2D eigenvalue weighted by molar-refractivity contribution is 9.10. The summed E-state index contributed by atoms with van der Waals surface area (Å²) in [5.74, 6) is 0.995. The quantitative estimate of drug-likeness (QED) is 0.866. The summed E-state index contributed by atoms with van der Waals surface area (Å²) in [4.78, 5) is 2.50. The normalized spacial score (nSPS) is 22.5. The largest absolute Gasteiger partial charge is 0.506 e. The lowest BCUT2D eigenvalue weighted by molar-refractivity contribution is 0.0819. The third kappa shape index (κ3) is 2.84. The molecule has 110 valence electrons. The van der Waals surface area contributed by atoms with Gasteiger partial charge in [0.05, 0.1) is 4.47 Å². The maximum absolute atomic E-state index is 10.4. The third-order valence-corrected chi connectivity index (χ3v) is 5.34. The summed E-state index contributed by atoms with van der Waals surface area (Å²) in [7, 11) is 0. The fourth-order valence-electron chi connectivity index (χ4n) is 3.28. The van der Waals surface area contributed by atoms with Crippen LogP contribution in [0, 0.1) is 5.92 Å². The molecule has 2 fully saturated rings. The second-order valence-corrected chi connectivity index (χ2v) is 7.04. The van der Waals surface area contributed by atoms with E-state index < -0.39 is 0 Å². The van der Waals surface area contributed by atoms with Gasteiger partial charge in [-0.25, -0.2) is 0 Å². The van der Waals surface area contributed by atoms with Crippen molar-refractivity contribution in [2.24, 2.45) is 5.92 Å². The monoisotopic (exact) mass is 358 g/mol. The first-order valence-electron chi connectivity index (χ1n) is 7.29. The summed E-state index contributed by atoms with van der Waals surface area (Å²) in [5, 5.41) is 14.5. The van der Waals surface area contributed by atoms with Crippen LogP contribution in [-0.2, 0) is 0 Å². The fourth-order valence-corrected chi connectivity index (χ4v) is 4.11. The van der Waals surface area contributed by atoms with Gasteiger partial charge in [0, 0.05) is 42.8 Å². The van der Waals surface area contributed by atoms with Crippen molar-refractivity contribution >= 4 is 27.5 Å². The van der Waals surface area contributed by atoms with E-state index in [2.05, 4.69) is 26.1 Å². The zero-order chi connectivity index (χ0) is 14.1. The Bertz CT molecular complexity index is 487. The molecule has 2 aliphatic rings. The summed E-state index contributed by atoms with van der Waals surface area (Å²) in [6, 6.07) is 3.99. The number of hydrogen-bond donors (Lipinski definition) is 2. The molecular formula is C15H20BrClN2O. The van der Waals surface area contributed by atoms with Gasteiger partial charge in [0.15, 0.2) is 0 Å². The molecule has 3 nitrogen and oxygen atoms in total. The molecule has 0 spiro atoms. The summed E-state index contributed by atoms with van der Waals surface area (Å²) in [5.41, 5.74) is 0.982. The van der Waals surface area contributed by atoms with Crippen LogP contribution in [0.3, 0.4) is 0 Å². The highest BCUT2D eigenvalue weighted by Gasteiger charge is 2.35. The van der Waals surface area contributed by atoms with Gasteiger partial charge in [-0.15, -0.1) is 0 Å². The third-order valence-electron chi connectivity index (χ3n) is 4.52. The van der Waals surface area contributed by atoms with E-state index in [1.807, 2.05) is 6.07 Å². The van der Waals surface area contributed by atoms with E-state index in [9.17, 15) is 5.11 Å². The van der Waals surface area contributed by atoms with Gasteiger partial charge in [-0.05, 0) is 46.8 Å². The zero-order valence-electron chi connectivity index (χ0n) is 11.4. The van der Waals surface area contributed by atoms with Crippen molar-refractivity contribution in [3.8, 4) is 5.75 Å². The van der Waals surface area contributed by atoms with Gasteiger partial charge in [-0.1, -0.05) is 18.0 Å². The van der Waals surface area contributed by atoms with E-state index in [0.717, 1.165) is 31.7 Å². The Morgan fingerprint density at radius 1 is 1.30 bits per heavy atom. The van der Waals surface area contributed by atoms with E-state index in [4.69, 9.17) is 11.6 Å². The smallest absolute Gasteiger partial charge is 0.134 e. The Labute approximate surface area is 133 Å². The molecule has 0 unspecified atom stereocenters. The van der Waals surface area contributed by atoms with Crippen molar-refractivity contribution in [2.45, 2.75) is 25.3 Å². The van der Waals surface area contributed by atoms with E-state index in [0.29, 0.717) is 27.2 Å². The van der Waals surface area contributed by atoms with Gasteiger partial charge >= 0.3 is 0 Å².